The second-order valence-electron chi connectivity index (χ2n) is 5.93. The van der Waals surface area contributed by atoms with Gasteiger partial charge in [-0.1, -0.05) is 31.2 Å². The van der Waals surface area contributed by atoms with Crippen molar-refractivity contribution in [2.45, 2.75) is 38.6 Å². The molecular weight excluding hydrogens is 232 g/mol. The highest BCUT2D eigenvalue weighted by atomic mass is 15.2. The van der Waals surface area contributed by atoms with Crippen LogP contribution in [0.5, 0.6) is 0 Å². The van der Waals surface area contributed by atoms with Crippen LogP contribution in [0.25, 0.3) is 0 Å². The third-order valence-corrected chi connectivity index (χ3v) is 4.85. The van der Waals surface area contributed by atoms with Crippen molar-refractivity contribution < 1.29 is 0 Å². The highest BCUT2D eigenvalue weighted by Crippen LogP contribution is 2.34. The maximum Gasteiger partial charge on any atom is 0.0351 e. The molecule has 1 unspecified atom stereocenters. The highest BCUT2D eigenvalue weighted by Gasteiger charge is 2.26. The molecule has 0 saturated carbocycles. The SMILES string of the molecule is CCN1CCCN(C2CCCc3ccccc32)CC1. The fourth-order valence-electron chi connectivity index (χ4n) is 3.73. The second-order valence-corrected chi connectivity index (χ2v) is 5.93. The minimum Gasteiger partial charge on any atom is -0.302 e. The summed E-state index contributed by atoms with van der Waals surface area (Å²) in [7, 11) is 0. The Kier molecular flexibility index (Phi) is 4.19. The van der Waals surface area contributed by atoms with Crippen LogP contribution < -0.4 is 0 Å². The summed E-state index contributed by atoms with van der Waals surface area (Å²) >= 11 is 0. The van der Waals surface area contributed by atoms with Crippen molar-refractivity contribution in [2.75, 3.05) is 32.7 Å². The molecule has 19 heavy (non-hydrogen) atoms. The summed E-state index contributed by atoms with van der Waals surface area (Å²) in [6, 6.07) is 9.79. The average Bonchev–Trinajstić information content (AvgIpc) is 2.72. The van der Waals surface area contributed by atoms with E-state index in [4.69, 9.17) is 0 Å². The van der Waals surface area contributed by atoms with E-state index in [9.17, 15) is 0 Å². The van der Waals surface area contributed by atoms with Gasteiger partial charge in [0.1, 0.15) is 0 Å². The van der Waals surface area contributed by atoms with Crippen LogP contribution in [0.3, 0.4) is 0 Å². The summed E-state index contributed by atoms with van der Waals surface area (Å²) in [5.41, 5.74) is 3.20. The minimum atomic E-state index is 0.682. The first-order chi connectivity index (χ1) is 9.38. The summed E-state index contributed by atoms with van der Waals surface area (Å²) in [5.74, 6) is 0. The molecule has 2 aliphatic rings. The molecule has 1 aromatic rings. The molecule has 0 radical (unpaired) electrons. The molecule has 104 valence electrons. The van der Waals surface area contributed by atoms with Gasteiger partial charge in [0.05, 0.1) is 0 Å². The summed E-state index contributed by atoms with van der Waals surface area (Å²) in [4.78, 5) is 5.34. The van der Waals surface area contributed by atoms with Crippen molar-refractivity contribution in [3.63, 3.8) is 0 Å². The molecule has 1 fully saturated rings. The van der Waals surface area contributed by atoms with E-state index < -0.39 is 0 Å². The molecule has 0 spiro atoms. The second kappa shape index (κ2) is 6.06. The summed E-state index contributed by atoms with van der Waals surface area (Å²) < 4.78 is 0. The van der Waals surface area contributed by atoms with Gasteiger partial charge in [-0.05, 0) is 49.9 Å². The lowest BCUT2D eigenvalue weighted by Crippen LogP contribution is -2.35. The van der Waals surface area contributed by atoms with Crippen LogP contribution >= 0.6 is 0 Å². The summed E-state index contributed by atoms with van der Waals surface area (Å²) in [5, 5.41) is 0. The summed E-state index contributed by atoms with van der Waals surface area (Å²) in [6.45, 7) is 8.53. The highest BCUT2D eigenvalue weighted by molar-refractivity contribution is 5.32. The predicted molar refractivity (Wildman–Crippen MR) is 80.4 cm³/mol. The van der Waals surface area contributed by atoms with Gasteiger partial charge in [0, 0.05) is 25.7 Å². The van der Waals surface area contributed by atoms with E-state index in [1.165, 1.54) is 58.4 Å². The normalized spacial score (nSPS) is 25.8. The number of benzene rings is 1. The lowest BCUT2D eigenvalue weighted by molar-refractivity contribution is 0.182. The Balaban J connectivity index is 1.76. The van der Waals surface area contributed by atoms with Gasteiger partial charge in [0.2, 0.25) is 0 Å². The van der Waals surface area contributed by atoms with Crippen LogP contribution in [0.2, 0.25) is 0 Å². The van der Waals surface area contributed by atoms with Crippen LogP contribution in [0.15, 0.2) is 24.3 Å². The molecular formula is C17H26N2. The number of nitrogens with zero attached hydrogens (tertiary/aromatic N) is 2. The minimum absolute atomic E-state index is 0.682. The Bertz CT molecular complexity index is 415. The van der Waals surface area contributed by atoms with E-state index in [0.717, 1.165) is 0 Å². The van der Waals surface area contributed by atoms with Gasteiger partial charge in [-0.25, -0.2) is 0 Å². The molecule has 1 atom stereocenters. The average molecular weight is 258 g/mol. The van der Waals surface area contributed by atoms with E-state index in [1.54, 1.807) is 11.1 Å². The lowest BCUT2D eigenvalue weighted by Gasteiger charge is -2.35. The Hall–Kier alpha value is -0.860. The zero-order valence-corrected chi connectivity index (χ0v) is 12.1. The van der Waals surface area contributed by atoms with Crippen LogP contribution in [0.1, 0.15) is 43.4 Å². The summed E-state index contributed by atoms with van der Waals surface area (Å²) in [6.07, 6.45) is 5.31. The van der Waals surface area contributed by atoms with Crippen molar-refractivity contribution in [1.82, 2.24) is 9.80 Å². The van der Waals surface area contributed by atoms with Crippen molar-refractivity contribution in [2.24, 2.45) is 0 Å². The molecule has 1 heterocycles. The third-order valence-electron chi connectivity index (χ3n) is 4.85. The van der Waals surface area contributed by atoms with Crippen LogP contribution in [-0.4, -0.2) is 42.5 Å². The molecule has 1 aromatic carbocycles. The maximum absolute atomic E-state index is 2.74. The quantitative estimate of drug-likeness (QED) is 0.804. The number of rotatable bonds is 2. The van der Waals surface area contributed by atoms with E-state index in [1.807, 2.05) is 0 Å². The van der Waals surface area contributed by atoms with Gasteiger partial charge >= 0.3 is 0 Å². The van der Waals surface area contributed by atoms with Crippen LogP contribution in [0, 0.1) is 0 Å². The van der Waals surface area contributed by atoms with Gasteiger partial charge < -0.3 is 4.90 Å². The third kappa shape index (κ3) is 2.85. The van der Waals surface area contributed by atoms with Crippen molar-refractivity contribution >= 4 is 0 Å². The molecule has 0 amide bonds. The smallest absolute Gasteiger partial charge is 0.0351 e. The topological polar surface area (TPSA) is 6.48 Å². The molecule has 1 aliphatic carbocycles. The van der Waals surface area contributed by atoms with Crippen LogP contribution in [-0.2, 0) is 6.42 Å². The number of hydrogen-bond acceptors (Lipinski definition) is 2. The molecule has 0 bridgehead atoms. The van der Waals surface area contributed by atoms with Gasteiger partial charge in [0.15, 0.2) is 0 Å². The molecule has 0 aromatic heterocycles. The maximum atomic E-state index is 2.74. The van der Waals surface area contributed by atoms with Crippen molar-refractivity contribution in [3.8, 4) is 0 Å². The first-order valence-corrected chi connectivity index (χ1v) is 7.92. The molecule has 0 N–H and O–H groups in total. The molecule has 3 rings (SSSR count). The predicted octanol–water partition coefficient (Wildman–Crippen LogP) is 3.09. The van der Waals surface area contributed by atoms with E-state index in [0.29, 0.717) is 6.04 Å². The number of hydrogen-bond donors (Lipinski definition) is 0. The van der Waals surface area contributed by atoms with Gasteiger partial charge in [-0.2, -0.15) is 0 Å². The largest absolute Gasteiger partial charge is 0.302 e. The van der Waals surface area contributed by atoms with Gasteiger partial charge in [-0.15, -0.1) is 0 Å². The zero-order chi connectivity index (χ0) is 13.1. The fourth-order valence-corrected chi connectivity index (χ4v) is 3.73. The number of aryl methyl sites for hydroxylation is 1. The lowest BCUT2D eigenvalue weighted by atomic mass is 9.87. The van der Waals surface area contributed by atoms with E-state index in [2.05, 4.69) is 41.0 Å². The number of likely N-dealkylation sites (N-methyl/N-ethyl adjacent to an activating group) is 1. The number of fused-ring (bicyclic) bond motifs is 1. The van der Waals surface area contributed by atoms with E-state index >= 15 is 0 Å². The van der Waals surface area contributed by atoms with Gasteiger partial charge in [-0.3, -0.25) is 4.90 Å². The van der Waals surface area contributed by atoms with E-state index in [-0.39, 0.29) is 0 Å². The molecule has 1 saturated heterocycles. The van der Waals surface area contributed by atoms with Crippen molar-refractivity contribution in [1.29, 1.82) is 0 Å². The van der Waals surface area contributed by atoms with Gasteiger partial charge in [0.25, 0.3) is 0 Å². The van der Waals surface area contributed by atoms with Crippen molar-refractivity contribution in [3.05, 3.63) is 35.4 Å². The first kappa shape index (κ1) is 13.1. The Morgan fingerprint density at radius 1 is 1.05 bits per heavy atom. The zero-order valence-electron chi connectivity index (χ0n) is 12.1. The van der Waals surface area contributed by atoms with Crippen LogP contribution in [0.4, 0.5) is 0 Å². The standard InChI is InChI=1S/C17H26N2/c1-2-18-11-6-12-19(14-13-18)17-10-5-8-15-7-3-4-9-16(15)17/h3-4,7,9,17H,2,5-6,8,10-14H2,1H3. The first-order valence-electron chi connectivity index (χ1n) is 7.92. The Labute approximate surface area is 117 Å². The Morgan fingerprint density at radius 3 is 2.84 bits per heavy atom. The molecule has 2 heteroatoms. The monoisotopic (exact) mass is 258 g/mol. The fraction of sp³-hybridized carbons (Fsp3) is 0.647. The Morgan fingerprint density at radius 2 is 1.95 bits per heavy atom. The molecule has 1 aliphatic heterocycles. The molecule has 2 nitrogen and oxygen atoms in total.